The lowest BCUT2D eigenvalue weighted by molar-refractivity contribution is 0.0504. The van der Waals surface area contributed by atoms with Crippen LogP contribution in [0.2, 0.25) is 0 Å². The number of piperidine rings is 1. The van der Waals surface area contributed by atoms with Gasteiger partial charge in [0.15, 0.2) is 5.69 Å². The van der Waals surface area contributed by atoms with Crippen molar-refractivity contribution in [2.45, 2.75) is 51.7 Å². The van der Waals surface area contributed by atoms with Crippen LogP contribution in [0.25, 0.3) is 0 Å². The maximum atomic E-state index is 13.7. The van der Waals surface area contributed by atoms with Crippen LogP contribution in [-0.2, 0) is 6.54 Å². The summed E-state index contributed by atoms with van der Waals surface area (Å²) in [6.45, 7) is 3.93. The predicted molar refractivity (Wildman–Crippen MR) is 84.4 cm³/mol. The maximum absolute atomic E-state index is 13.7. The highest BCUT2D eigenvalue weighted by molar-refractivity contribution is 5.92. The summed E-state index contributed by atoms with van der Waals surface area (Å²) in [7, 11) is 0. The van der Waals surface area contributed by atoms with E-state index in [0.717, 1.165) is 19.3 Å². The number of hydrogen-bond donors (Lipinski definition) is 0. The SMILES string of the molecule is CC1CCCC(C)N1C(=O)c1cn(Cc2c(F)cccc2F)nn1. The summed E-state index contributed by atoms with van der Waals surface area (Å²) in [5.41, 5.74) is 0.105. The van der Waals surface area contributed by atoms with E-state index in [1.54, 1.807) is 0 Å². The van der Waals surface area contributed by atoms with Gasteiger partial charge in [0, 0.05) is 17.6 Å². The normalized spacial score (nSPS) is 21.1. The van der Waals surface area contributed by atoms with Gasteiger partial charge in [-0.1, -0.05) is 11.3 Å². The van der Waals surface area contributed by atoms with E-state index < -0.39 is 11.6 Å². The Labute approximate surface area is 139 Å². The van der Waals surface area contributed by atoms with Gasteiger partial charge in [0.05, 0.1) is 12.7 Å². The van der Waals surface area contributed by atoms with E-state index in [9.17, 15) is 13.6 Å². The Balaban J connectivity index is 1.79. The molecule has 5 nitrogen and oxygen atoms in total. The smallest absolute Gasteiger partial charge is 0.276 e. The van der Waals surface area contributed by atoms with Gasteiger partial charge >= 0.3 is 0 Å². The van der Waals surface area contributed by atoms with Gasteiger partial charge in [0.1, 0.15) is 11.6 Å². The average Bonchev–Trinajstić information content (AvgIpc) is 2.99. The summed E-state index contributed by atoms with van der Waals surface area (Å²) < 4.78 is 28.7. The minimum atomic E-state index is -0.642. The Morgan fingerprint density at radius 3 is 2.46 bits per heavy atom. The van der Waals surface area contributed by atoms with Crippen molar-refractivity contribution in [3.05, 3.63) is 47.3 Å². The van der Waals surface area contributed by atoms with Crippen LogP contribution in [-0.4, -0.2) is 37.9 Å². The summed E-state index contributed by atoms with van der Waals surface area (Å²) in [6.07, 6.45) is 4.48. The number of halogens is 2. The first-order chi connectivity index (χ1) is 11.5. The van der Waals surface area contributed by atoms with E-state index in [1.165, 1.54) is 29.1 Å². The number of carbonyl (C=O) groups is 1. The third-order valence-corrected chi connectivity index (χ3v) is 4.57. The maximum Gasteiger partial charge on any atom is 0.276 e. The molecule has 1 fully saturated rings. The van der Waals surface area contributed by atoms with Gasteiger partial charge in [0.2, 0.25) is 0 Å². The number of amides is 1. The molecule has 1 aromatic heterocycles. The van der Waals surface area contributed by atoms with Crippen LogP contribution in [0.15, 0.2) is 24.4 Å². The molecular weight excluding hydrogens is 314 g/mol. The van der Waals surface area contributed by atoms with Gasteiger partial charge in [0.25, 0.3) is 5.91 Å². The topological polar surface area (TPSA) is 51.0 Å². The van der Waals surface area contributed by atoms with Crippen LogP contribution in [0.3, 0.4) is 0 Å². The molecule has 2 atom stereocenters. The van der Waals surface area contributed by atoms with Crippen LogP contribution in [0, 0.1) is 11.6 Å². The molecule has 2 heterocycles. The monoisotopic (exact) mass is 334 g/mol. The molecule has 0 spiro atoms. The Morgan fingerprint density at radius 1 is 1.21 bits per heavy atom. The highest BCUT2D eigenvalue weighted by Crippen LogP contribution is 2.24. The minimum Gasteiger partial charge on any atom is -0.332 e. The van der Waals surface area contributed by atoms with Crippen molar-refractivity contribution in [3.8, 4) is 0 Å². The third-order valence-electron chi connectivity index (χ3n) is 4.57. The van der Waals surface area contributed by atoms with E-state index in [2.05, 4.69) is 10.3 Å². The van der Waals surface area contributed by atoms with Gasteiger partial charge < -0.3 is 4.90 Å². The van der Waals surface area contributed by atoms with Crippen LogP contribution in [0.4, 0.5) is 8.78 Å². The second kappa shape index (κ2) is 6.67. The Kier molecular flexibility index (Phi) is 4.59. The summed E-state index contributed by atoms with van der Waals surface area (Å²) in [5.74, 6) is -1.47. The van der Waals surface area contributed by atoms with E-state index in [1.807, 2.05) is 18.7 Å². The fourth-order valence-corrected chi connectivity index (χ4v) is 3.27. The number of likely N-dealkylation sites (tertiary alicyclic amines) is 1. The Morgan fingerprint density at radius 2 is 1.83 bits per heavy atom. The van der Waals surface area contributed by atoms with Crippen molar-refractivity contribution >= 4 is 5.91 Å². The van der Waals surface area contributed by atoms with Crippen molar-refractivity contribution in [1.82, 2.24) is 19.9 Å². The summed E-state index contributed by atoms with van der Waals surface area (Å²) in [5, 5.41) is 7.74. The number of nitrogens with zero attached hydrogens (tertiary/aromatic N) is 4. The van der Waals surface area contributed by atoms with Crippen molar-refractivity contribution in [1.29, 1.82) is 0 Å². The highest BCUT2D eigenvalue weighted by atomic mass is 19.1. The molecule has 1 saturated heterocycles. The van der Waals surface area contributed by atoms with Gasteiger partial charge in [-0.25, -0.2) is 13.5 Å². The summed E-state index contributed by atoms with van der Waals surface area (Å²) in [6, 6.07) is 3.99. The molecule has 7 heteroatoms. The number of benzene rings is 1. The first kappa shape index (κ1) is 16.5. The second-order valence-electron chi connectivity index (χ2n) is 6.34. The van der Waals surface area contributed by atoms with Crippen LogP contribution >= 0.6 is 0 Å². The molecule has 2 unspecified atom stereocenters. The first-order valence-electron chi connectivity index (χ1n) is 8.13. The fraction of sp³-hybridized carbons (Fsp3) is 0.471. The fourth-order valence-electron chi connectivity index (χ4n) is 3.27. The van der Waals surface area contributed by atoms with E-state index >= 15 is 0 Å². The average molecular weight is 334 g/mol. The number of rotatable bonds is 3. The van der Waals surface area contributed by atoms with Crippen LogP contribution in [0.5, 0.6) is 0 Å². The quantitative estimate of drug-likeness (QED) is 0.867. The third kappa shape index (κ3) is 3.16. The molecule has 1 aliphatic rings. The molecule has 0 radical (unpaired) electrons. The molecule has 0 N–H and O–H groups in total. The van der Waals surface area contributed by atoms with Gasteiger partial charge in [-0.15, -0.1) is 5.10 Å². The van der Waals surface area contributed by atoms with Gasteiger partial charge in [-0.2, -0.15) is 0 Å². The van der Waals surface area contributed by atoms with Crippen LogP contribution in [0.1, 0.15) is 49.2 Å². The molecule has 24 heavy (non-hydrogen) atoms. The van der Waals surface area contributed by atoms with E-state index in [0.29, 0.717) is 0 Å². The lowest BCUT2D eigenvalue weighted by Crippen LogP contribution is -2.47. The van der Waals surface area contributed by atoms with Crippen LogP contribution < -0.4 is 0 Å². The minimum absolute atomic E-state index is 0.0962. The summed E-state index contributed by atoms with van der Waals surface area (Å²) in [4.78, 5) is 14.5. The molecule has 1 aromatic carbocycles. The van der Waals surface area contributed by atoms with E-state index in [-0.39, 0.29) is 35.8 Å². The van der Waals surface area contributed by atoms with Gasteiger partial charge in [-0.3, -0.25) is 4.79 Å². The Bertz CT molecular complexity index is 716. The summed E-state index contributed by atoms with van der Waals surface area (Å²) >= 11 is 0. The molecule has 1 aliphatic heterocycles. The van der Waals surface area contributed by atoms with Crippen molar-refractivity contribution in [3.63, 3.8) is 0 Å². The molecule has 2 aromatic rings. The standard InChI is InChI=1S/C17H20F2N4O/c1-11-5-3-6-12(2)23(11)17(24)16-10-22(21-20-16)9-13-14(18)7-4-8-15(13)19/h4,7-8,10-12H,3,5-6,9H2,1-2H3. The molecule has 0 bridgehead atoms. The van der Waals surface area contributed by atoms with Crippen molar-refractivity contribution in [2.75, 3.05) is 0 Å². The molecule has 128 valence electrons. The molecule has 0 saturated carbocycles. The Hall–Kier alpha value is -2.31. The molecule has 1 amide bonds. The van der Waals surface area contributed by atoms with Crippen molar-refractivity contribution < 1.29 is 13.6 Å². The molecule has 0 aliphatic carbocycles. The second-order valence-corrected chi connectivity index (χ2v) is 6.34. The zero-order valence-electron chi connectivity index (χ0n) is 13.7. The zero-order chi connectivity index (χ0) is 17.3. The largest absolute Gasteiger partial charge is 0.332 e. The molecule has 3 rings (SSSR count). The van der Waals surface area contributed by atoms with Crippen molar-refractivity contribution in [2.24, 2.45) is 0 Å². The lowest BCUT2D eigenvalue weighted by atomic mass is 9.97. The zero-order valence-corrected chi connectivity index (χ0v) is 13.7. The first-order valence-corrected chi connectivity index (χ1v) is 8.13. The number of hydrogen-bond acceptors (Lipinski definition) is 3. The highest BCUT2D eigenvalue weighted by Gasteiger charge is 2.31. The lowest BCUT2D eigenvalue weighted by Gasteiger charge is -2.38. The van der Waals surface area contributed by atoms with Gasteiger partial charge in [-0.05, 0) is 45.2 Å². The number of carbonyl (C=O) groups excluding carboxylic acids is 1. The predicted octanol–water partition coefficient (Wildman–Crippen LogP) is 3.01. The molecular formula is C17H20F2N4O. The number of aromatic nitrogens is 3. The van der Waals surface area contributed by atoms with E-state index in [4.69, 9.17) is 0 Å².